The first-order valence-corrected chi connectivity index (χ1v) is 8.39. The van der Waals surface area contributed by atoms with Crippen LogP contribution in [0.25, 0.3) is 0 Å². The summed E-state index contributed by atoms with van der Waals surface area (Å²) < 4.78 is 3.32. The molecule has 0 bridgehead atoms. The van der Waals surface area contributed by atoms with Crippen LogP contribution in [0.2, 0.25) is 0 Å². The van der Waals surface area contributed by atoms with Crippen LogP contribution < -0.4 is 0 Å². The molecule has 1 aromatic carbocycles. The molecule has 1 aromatic heterocycles. The molecule has 1 heterocycles. The smallest absolute Gasteiger partial charge is 0.0949 e. The first kappa shape index (κ1) is 13.3. The van der Waals surface area contributed by atoms with Gasteiger partial charge in [-0.2, -0.15) is 0 Å². The van der Waals surface area contributed by atoms with Gasteiger partial charge in [0.05, 0.1) is 5.38 Å². The van der Waals surface area contributed by atoms with Crippen molar-refractivity contribution < 1.29 is 0 Å². The molecule has 0 saturated carbocycles. The minimum absolute atomic E-state index is 0.0984. The lowest BCUT2D eigenvalue weighted by molar-refractivity contribution is 1.15. The van der Waals surface area contributed by atoms with Crippen LogP contribution >= 0.6 is 77.4 Å². The Balaban J connectivity index is 2.45. The van der Waals surface area contributed by atoms with Crippen molar-refractivity contribution in [2.45, 2.75) is 5.38 Å². The molecule has 84 valence electrons. The predicted octanol–water partition coefficient (Wildman–Crippen LogP) is 6.21. The Morgan fingerprint density at radius 1 is 1.25 bits per heavy atom. The lowest BCUT2D eigenvalue weighted by Gasteiger charge is -2.11. The molecule has 0 saturated heterocycles. The first-order valence-electron chi connectivity index (χ1n) is 4.41. The molecule has 0 aliphatic carbocycles. The summed E-state index contributed by atoms with van der Waals surface area (Å²) in [4.78, 5) is 1.15. The Kier molecular flexibility index (Phi) is 4.74. The van der Waals surface area contributed by atoms with Gasteiger partial charge >= 0.3 is 0 Å². The van der Waals surface area contributed by atoms with E-state index in [1.807, 2.05) is 17.5 Å². The summed E-state index contributed by atoms with van der Waals surface area (Å²) in [6, 6.07) is 8.20. The molecule has 0 fully saturated rings. The van der Waals surface area contributed by atoms with E-state index in [0.717, 1.165) is 19.4 Å². The fraction of sp³-hybridized carbons (Fsp3) is 0.0909. The summed E-state index contributed by atoms with van der Waals surface area (Å²) >= 11 is 17.5. The van der Waals surface area contributed by atoms with Crippen LogP contribution in [-0.2, 0) is 0 Å². The highest BCUT2D eigenvalue weighted by Gasteiger charge is 2.18. The summed E-state index contributed by atoms with van der Waals surface area (Å²) in [5.74, 6) is 0. The number of halogens is 4. The molecule has 2 rings (SSSR count). The third-order valence-electron chi connectivity index (χ3n) is 2.11. The molecular formula is C11H6Br2ClIS. The summed E-state index contributed by atoms with van der Waals surface area (Å²) in [6.45, 7) is 0. The van der Waals surface area contributed by atoms with Gasteiger partial charge in [-0.1, -0.05) is 15.9 Å². The van der Waals surface area contributed by atoms with E-state index in [1.165, 1.54) is 3.57 Å². The Bertz CT molecular complexity index is 512. The highest BCUT2D eigenvalue weighted by Crippen LogP contribution is 2.39. The third-order valence-corrected chi connectivity index (χ3v) is 6.10. The van der Waals surface area contributed by atoms with Gasteiger partial charge in [-0.15, -0.1) is 22.9 Å². The van der Waals surface area contributed by atoms with Crippen molar-refractivity contribution in [2.24, 2.45) is 0 Å². The van der Waals surface area contributed by atoms with Crippen LogP contribution in [0, 0.1) is 3.57 Å². The van der Waals surface area contributed by atoms with Gasteiger partial charge in [0.1, 0.15) is 0 Å². The van der Waals surface area contributed by atoms with Crippen molar-refractivity contribution >= 4 is 77.4 Å². The van der Waals surface area contributed by atoms with E-state index < -0.39 is 0 Å². The summed E-state index contributed by atoms with van der Waals surface area (Å²) in [5, 5.41) is 1.94. The highest BCUT2D eigenvalue weighted by molar-refractivity contribution is 14.1. The quantitative estimate of drug-likeness (QED) is 0.346. The maximum absolute atomic E-state index is 6.51. The first-order chi connectivity index (χ1) is 7.59. The fourth-order valence-electron chi connectivity index (χ4n) is 1.34. The summed E-state index contributed by atoms with van der Waals surface area (Å²) in [6.07, 6.45) is 0. The SMILES string of the molecule is ClC(c1cc(Br)ccc1I)c1sccc1Br. The third kappa shape index (κ3) is 2.83. The second kappa shape index (κ2) is 5.69. The molecule has 1 atom stereocenters. The van der Waals surface area contributed by atoms with E-state index in [9.17, 15) is 0 Å². The van der Waals surface area contributed by atoms with E-state index in [0.29, 0.717) is 0 Å². The van der Waals surface area contributed by atoms with Crippen molar-refractivity contribution in [3.8, 4) is 0 Å². The van der Waals surface area contributed by atoms with Crippen LogP contribution in [0.3, 0.4) is 0 Å². The van der Waals surface area contributed by atoms with E-state index in [1.54, 1.807) is 11.3 Å². The normalized spacial score (nSPS) is 12.8. The van der Waals surface area contributed by atoms with Crippen LogP contribution in [0.4, 0.5) is 0 Å². The van der Waals surface area contributed by atoms with Gasteiger partial charge in [0.25, 0.3) is 0 Å². The lowest BCUT2D eigenvalue weighted by atomic mass is 10.1. The second-order valence-corrected chi connectivity index (χ2v) is 7.48. The minimum atomic E-state index is -0.0984. The molecule has 0 spiro atoms. The standard InChI is InChI=1S/C11H6Br2ClIS/c12-6-1-2-9(15)7(5-6)10(14)11-8(13)3-4-16-11/h1-5,10H. The van der Waals surface area contributed by atoms with Gasteiger partial charge in [-0.25, -0.2) is 0 Å². The maximum atomic E-state index is 6.51. The molecular weight excluding hydrogens is 486 g/mol. The van der Waals surface area contributed by atoms with E-state index in [4.69, 9.17) is 11.6 Å². The zero-order chi connectivity index (χ0) is 11.7. The zero-order valence-electron chi connectivity index (χ0n) is 7.88. The minimum Gasteiger partial charge on any atom is -0.146 e. The van der Waals surface area contributed by atoms with Gasteiger partial charge < -0.3 is 0 Å². The van der Waals surface area contributed by atoms with Crippen LogP contribution in [0.1, 0.15) is 15.8 Å². The number of thiophene rings is 1. The largest absolute Gasteiger partial charge is 0.146 e. The highest BCUT2D eigenvalue weighted by atomic mass is 127. The Labute approximate surface area is 134 Å². The molecule has 16 heavy (non-hydrogen) atoms. The molecule has 0 amide bonds. The van der Waals surface area contributed by atoms with Crippen molar-refractivity contribution in [1.29, 1.82) is 0 Å². The molecule has 5 heteroatoms. The van der Waals surface area contributed by atoms with Crippen molar-refractivity contribution in [3.05, 3.63) is 52.6 Å². The maximum Gasteiger partial charge on any atom is 0.0949 e. The van der Waals surface area contributed by atoms with Crippen molar-refractivity contribution in [1.82, 2.24) is 0 Å². The van der Waals surface area contributed by atoms with Crippen molar-refractivity contribution in [2.75, 3.05) is 0 Å². The van der Waals surface area contributed by atoms with Crippen LogP contribution in [-0.4, -0.2) is 0 Å². The number of rotatable bonds is 2. The Morgan fingerprint density at radius 3 is 2.62 bits per heavy atom. The number of benzene rings is 1. The average Bonchev–Trinajstić information content (AvgIpc) is 2.67. The van der Waals surface area contributed by atoms with Crippen molar-refractivity contribution in [3.63, 3.8) is 0 Å². The Hall–Kier alpha value is 0.900. The molecule has 0 radical (unpaired) electrons. The van der Waals surface area contributed by atoms with E-state index >= 15 is 0 Å². The van der Waals surface area contributed by atoms with Gasteiger partial charge in [-0.05, 0) is 73.7 Å². The van der Waals surface area contributed by atoms with E-state index in [2.05, 4.69) is 66.6 Å². The Morgan fingerprint density at radius 2 is 2.00 bits per heavy atom. The fourth-order valence-corrected chi connectivity index (χ4v) is 4.72. The monoisotopic (exact) mass is 490 g/mol. The molecule has 0 N–H and O–H groups in total. The predicted molar refractivity (Wildman–Crippen MR) is 86.6 cm³/mol. The zero-order valence-corrected chi connectivity index (χ0v) is 14.8. The molecule has 0 aliphatic rings. The number of hydrogen-bond acceptors (Lipinski definition) is 1. The van der Waals surface area contributed by atoms with E-state index in [-0.39, 0.29) is 5.38 Å². The van der Waals surface area contributed by atoms with Gasteiger partial charge in [-0.3, -0.25) is 0 Å². The average molecular weight is 492 g/mol. The van der Waals surface area contributed by atoms with Crippen LogP contribution in [0.15, 0.2) is 38.6 Å². The van der Waals surface area contributed by atoms with Gasteiger partial charge in [0, 0.05) is 17.4 Å². The number of hydrogen-bond donors (Lipinski definition) is 0. The summed E-state index contributed by atoms with van der Waals surface area (Å²) in [7, 11) is 0. The topological polar surface area (TPSA) is 0 Å². The van der Waals surface area contributed by atoms with Gasteiger partial charge in [0.15, 0.2) is 0 Å². The van der Waals surface area contributed by atoms with Crippen LogP contribution in [0.5, 0.6) is 0 Å². The molecule has 0 aliphatic heterocycles. The molecule has 2 aromatic rings. The number of alkyl halides is 1. The molecule has 0 nitrogen and oxygen atoms in total. The van der Waals surface area contributed by atoms with Gasteiger partial charge in [0.2, 0.25) is 0 Å². The molecule has 1 unspecified atom stereocenters. The summed E-state index contributed by atoms with van der Waals surface area (Å²) in [5.41, 5.74) is 1.14. The lowest BCUT2D eigenvalue weighted by Crippen LogP contribution is -1.94. The second-order valence-electron chi connectivity index (χ2n) is 3.16.